The van der Waals surface area contributed by atoms with Gasteiger partial charge in [-0.25, -0.2) is 0 Å². The number of hydrogen-bond acceptors (Lipinski definition) is 2. The Balaban J connectivity index is 2.24. The van der Waals surface area contributed by atoms with Crippen LogP contribution in [-0.2, 0) is 4.74 Å². The highest BCUT2D eigenvalue weighted by molar-refractivity contribution is 5.10. The molecule has 0 bridgehead atoms. The van der Waals surface area contributed by atoms with Crippen LogP contribution in [0.2, 0.25) is 0 Å². The zero-order valence-corrected chi connectivity index (χ0v) is 12.2. The van der Waals surface area contributed by atoms with Gasteiger partial charge in [0.25, 0.3) is 0 Å². The van der Waals surface area contributed by atoms with E-state index in [4.69, 9.17) is 4.74 Å². The largest absolute Gasteiger partial charge is 0.387 e. The summed E-state index contributed by atoms with van der Waals surface area (Å²) in [4.78, 5) is 0. The molecule has 0 aromatic carbocycles. The first-order chi connectivity index (χ1) is 8.33. The smallest absolute Gasteiger partial charge is 0.0974 e. The molecule has 0 aromatic rings. The van der Waals surface area contributed by atoms with Crippen LogP contribution in [-0.4, -0.2) is 22.9 Å². The molecule has 3 atom stereocenters. The molecule has 0 aromatic heterocycles. The molecule has 104 valence electrons. The zero-order chi connectivity index (χ0) is 13.4. The molecule has 1 heterocycles. The van der Waals surface area contributed by atoms with Crippen molar-refractivity contribution in [1.29, 1.82) is 0 Å². The van der Waals surface area contributed by atoms with Gasteiger partial charge in [0.1, 0.15) is 0 Å². The normalized spacial score (nSPS) is 41.2. The van der Waals surface area contributed by atoms with Gasteiger partial charge in [0.05, 0.1) is 11.2 Å². The summed E-state index contributed by atoms with van der Waals surface area (Å²) in [6, 6.07) is 0. The molecular formula is C16H28O2. The van der Waals surface area contributed by atoms with Crippen LogP contribution < -0.4 is 0 Å². The van der Waals surface area contributed by atoms with E-state index in [1.54, 1.807) is 0 Å². The lowest BCUT2D eigenvalue weighted by Crippen LogP contribution is -2.58. The summed E-state index contributed by atoms with van der Waals surface area (Å²) >= 11 is 0. The zero-order valence-electron chi connectivity index (χ0n) is 12.2. The van der Waals surface area contributed by atoms with Gasteiger partial charge < -0.3 is 9.84 Å². The Morgan fingerprint density at radius 1 is 1.39 bits per heavy atom. The van der Waals surface area contributed by atoms with Gasteiger partial charge >= 0.3 is 0 Å². The third kappa shape index (κ3) is 2.25. The van der Waals surface area contributed by atoms with Crippen molar-refractivity contribution in [3.8, 4) is 0 Å². The summed E-state index contributed by atoms with van der Waals surface area (Å²) in [5.41, 5.74) is -0.696. The topological polar surface area (TPSA) is 29.5 Å². The molecule has 1 spiro atoms. The van der Waals surface area contributed by atoms with E-state index in [2.05, 4.69) is 27.4 Å². The van der Waals surface area contributed by atoms with Gasteiger partial charge in [-0.05, 0) is 49.9 Å². The second-order valence-corrected chi connectivity index (χ2v) is 7.28. The maximum atomic E-state index is 11.0. The standard InChI is InChI=1S/C16H28O2/c1-5-8-15(17)10-7-13(14(2,3)4)12-16(15)9-6-11-18-16/h5,13,17H,1,6-12H2,2-4H3/t13-,15-,16-/m1/s1. The summed E-state index contributed by atoms with van der Waals surface area (Å²) < 4.78 is 6.08. The predicted molar refractivity (Wildman–Crippen MR) is 74.5 cm³/mol. The van der Waals surface area contributed by atoms with E-state index in [0.717, 1.165) is 38.7 Å². The predicted octanol–water partition coefficient (Wildman–Crippen LogP) is 3.69. The SMILES string of the molecule is C=CC[C@@]1(O)CC[C@@H](C(C)(C)C)C[C@]12CCCO2. The van der Waals surface area contributed by atoms with Crippen molar-refractivity contribution in [3.63, 3.8) is 0 Å². The molecule has 2 heteroatoms. The van der Waals surface area contributed by atoms with Crippen LogP contribution in [0, 0.1) is 11.3 Å². The summed E-state index contributed by atoms with van der Waals surface area (Å²) in [7, 11) is 0. The van der Waals surface area contributed by atoms with Crippen molar-refractivity contribution in [2.75, 3.05) is 6.61 Å². The highest BCUT2D eigenvalue weighted by atomic mass is 16.5. The van der Waals surface area contributed by atoms with E-state index in [0.29, 0.717) is 17.8 Å². The third-order valence-electron chi connectivity index (χ3n) is 5.14. The second kappa shape index (κ2) is 4.64. The molecule has 2 rings (SSSR count). The highest BCUT2D eigenvalue weighted by Crippen LogP contribution is 2.53. The molecule has 18 heavy (non-hydrogen) atoms. The Hall–Kier alpha value is -0.340. The van der Waals surface area contributed by atoms with Crippen LogP contribution in [0.15, 0.2) is 12.7 Å². The van der Waals surface area contributed by atoms with Crippen LogP contribution in [0.25, 0.3) is 0 Å². The van der Waals surface area contributed by atoms with Gasteiger partial charge in [0, 0.05) is 6.61 Å². The molecule has 1 aliphatic heterocycles. The lowest BCUT2D eigenvalue weighted by Gasteiger charge is -2.52. The fourth-order valence-electron chi connectivity index (χ4n) is 3.82. The van der Waals surface area contributed by atoms with Gasteiger partial charge in [-0.3, -0.25) is 0 Å². The number of aliphatic hydroxyl groups is 1. The minimum Gasteiger partial charge on any atom is -0.387 e. The first-order valence-electron chi connectivity index (χ1n) is 7.30. The molecule has 0 unspecified atom stereocenters. The first-order valence-corrected chi connectivity index (χ1v) is 7.30. The van der Waals surface area contributed by atoms with E-state index in [1.165, 1.54) is 0 Å². The maximum Gasteiger partial charge on any atom is 0.0974 e. The van der Waals surface area contributed by atoms with Gasteiger partial charge in [0.15, 0.2) is 0 Å². The number of hydrogen-bond donors (Lipinski definition) is 1. The summed E-state index contributed by atoms with van der Waals surface area (Å²) in [5, 5.41) is 11.0. The van der Waals surface area contributed by atoms with Gasteiger partial charge in [-0.15, -0.1) is 6.58 Å². The molecule has 1 saturated carbocycles. The van der Waals surface area contributed by atoms with E-state index < -0.39 is 5.60 Å². The molecule has 2 fully saturated rings. The average molecular weight is 252 g/mol. The van der Waals surface area contributed by atoms with E-state index in [1.807, 2.05) is 6.08 Å². The van der Waals surface area contributed by atoms with Gasteiger partial charge in [0.2, 0.25) is 0 Å². The molecule has 0 amide bonds. The van der Waals surface area contributed by atoms with E-state index in [-0.39, 0.29) is 5.60 Å². The summed E-state index contributed by atoms with van der Waals surface area (Å²) in [6.45, 7) is 11.5. The minimum absolute atomic E-state index is 0.300. The van der Waals surface area contributed by atoms with Crippen LogP contribution in [0.1, 0.15) is 59.3 Å². The van der Waals surface area contributed by atoms with Crippen LogP contribution in [0.3, 0.4) is 0 Å². The molecular weight excluding hydrogens is 224 g/mol. The van der Waals surface area contributed by atoms with Crippen molar-refractivity contribution in [3.05, 3.63) is 12.7 Å². The lowest BCUT2D eigenvalue weighted by atomic mass is 9.60. The monoisotopic (exact) mass is 252 g/mol. The number of ether oxygens (including phenoxy) is 1. The lowest BCUT2D eigenvalue weighted by molar-refractivity contribution is -0.197. The maximum absolute atomic E-state index is 11.0. The van der Waals surface area contributed by atoms with E-state index >= 15 is 0 Å². The average Bonchev–Trinajstić information content (AvgIpc) is 2.71. The fraction of sp³-hybridized carbons (Fsp3) is 0.875. The first kappa shape index (κ1) is 14.1. The third-order valence-corrected chi connectivity index (χ3v) is 5.14. The molecule has 1 aliphatic carbocycles. The molecule has 2 nitrogen and oxygen atoms in total. The Morgan fingerprint density at radius 3 is 2.61 bits per heavy atom. The molecule has 1 saturated heterocycles. The fourth-order valence-corrected chi connectivity index (χ4v) is 3.82. The summed E-state index contributed by atoms with van der Waals surface area (Å²) in [5.74, 6) is 0.640. The molecule has 1 N–H and O–H groups in total. The Kier molecular flexibility index (Phi) is 3.63. The molecule has 0 radical (unpaired) electrons. The quantitative estimate of drug-likeness (QED) is 0.760. The second-order valence-electron chi connectivity index (χ2n) is 7.28. The van der Waals surface area contributed by atoms with E-state index in [9.17, 15) is 5.11 Å². The van der Waals surface area contributed by atoms with Crippen molar-refractivity contribution in [2.24, 2.45) is 11.3 Å². The Morgan fingerprint density at radius 2 is 2.11 bits per heavy atom. The Bertz CT molecular complexity index is 310. The van der Waals surface area contributed by atoms with Crippen LogP contribution in [0.4, 0.5) is 0 Å². The molecule has 2 aliphatic rings. The number of rotatable bonds is 2. The van der Waals surface area contributed by atoms with Crippen LogP contribution >= 0.6 is 0 Å². The van der Waals surface area contributed by atoms with Crippen molar-refractivity contribution >= 4 is 0 Å². The Labute approximate surface area is 111 Å². The van der Waals surface area contributed by atoms with Crippen molar-refractivity contribution < 1.29 is 9.84 Å². The van der Waals surface area contributed by atoms with Crippen LogP contribution in [0.5, 0.6) is 0 Å². The van der Waals surface area contributed by atoms with Crippen molar-refractivity contribution in [1.82, 2.24) is 0 Å². The van der Waals surface area contributed by atoms with Gasteiger partial charge in [-0.2, -0.15) is 0 Å². The summed E-state index contributed by atoms with van der Waals surface area (Å²) in [6.07, 6.45) is 7.53. The minimum atomic E-state index is -0.687. The van der Waals surface area contributed by atoms with Gasteiger partial charge in [-0.1, -0.05) is 26.8 Å². The van der Waals surface area contributed by atoms with Crippen molar-refractivity contribution in [2.45, 2.75) is 70.5 Å². The highest BCUT2D eigenvalue weighted by Gasteiger charge is 2.56.